The first-order valence-electron chi connectivity index (χ1n) is 5.70. The number of hydrogen-bond acceptors (Lipinski definition) is 1. The van der Waals surface area contributed by atoms with E-state index in [1.807, 2.05) is 0 Å². The molecule has 0 aliphatic carbocycles. The lowest BCUT2D eigenvalue weighted by Crippen LogP contribution is -2.47. The Kier molecular flexibility index (Phi) is 4.11. The highest BCUT2D eigenvalue weighted by Crippen LogP contribution is 2.07. The normalized spacial score (nSPS) is 13.9. The summed E-state index contributed by atoms with van der Waals surface area (Å²) >= 11 is 0. The Morgan fingerprint density at radius 1 is 1.13 bits per heavy atom. The highest BCUT2D eigenvalue weighted by molar-refractivity contribution is 6.73. The summed E-state index contributed by atoms with van der Waals surface area (Å²) in [4.78, 5) is 3.72. The molecule has 0 fully saturated rings. The molecule has 84 valence electrons. The van der Waals surface area contributed by atoms with Crippen LogP contribution in [-0.2, 0) is 6.42 Å². The van der Waals surface area contributed by atoms with Gasteiger partial charge in [0.15, 0.2) is 0 Å². The molecule has 1 unspecified atom stereocenters. The predicted octanol–water partition coefficient (Wildman–Crippen LogP) is 3.35. The molecule has 0 saturated carbocycles. The number of benzene rings is 1. The smallest absolute Gasteiger partial charge is 0.116 e. The third kappa shape index (κ3) is 5.14. The first kappa shape index (κ1) is 12.5. The Balaban J connectivity index is 2.51. The lowest BCUT2D eigenvalue weighted by atomic mass is 10.1. The Morgan fingerprint density at radius 2 is 1.67 bits per heavy atom. The zero-order chi connectivity index (χ0) is 11.5. The van der Waals surface area contributed by atoms with Crippen molar-refractivity contribution in [1.29, 1.82) is 0 Å². The van der Waals surface area contributed by atoms with Crippen LogP contribution in [0.15, 0.2) is 24.3 Å². The maximum absolute atomic E-state index is 3.72. The average molecular weight is 221 g/mol. The molecule has 0 bridgehead atoms. The van der Waals surface area contributed by atoms with Crippen molar-refractivity contribution in [2.24, 2.45) is 0 Å². The van der Waals surface area contributed by atoms with Crippen molar-refractivity contribution in [3.05, 3.63) is 35.4 Å². The van der Waals surface area contributed by atoms with Crippen LogP contribution in [-0.4, -0.2) is 14.3 Å². The van der Waals surface area contributed by atoms with Crippen molar-refractivity contribution in [1.82, 2.24) is 4.98 Å². The number of aryl methyl sites for hydroxylation is 1. The molecule has 2 heteroatoms. The van der Waals surface area contributed by atoms with E-state index in [1.54, 1.807) is 0 Å². The highest BCUT2D eigenvalue weighted by atomic mass is 28.3. The minimum atomic E-state index is -1.14. The fraction of sp³-hybridized carbons (Fsp3) is 0.538. The second-order valence-corrected chi connectivity index (χ2v) is 10.3. The van der Waals surface area contributed by atoms with E-state index in [0.717, 1.165) is 6.42 Å². The van der Waals surface area contributed by atoms with Gasteiger partial charge in [-0.05, 0) is 18.9 Å². The van der Waals surface area contributed by atoms with Crippen molar-refractivity contribution in [2.45, 2.75) is 46.0 Å². The second-order valence-electron chi connectivity index (χ2n) is 5.49. The lowest BCUT2D eigenvalue weighted by molar-refractivity contribution is 0.662. The van der Waals surface area contributed by atoms with Gasteiger partial charge in [0.1, 0.15) is 8.24 Å². The summed E-state index contributed by atoms with van der Waals surface area (Å²) in [5.74, 6) is 0. The summed E-state index contributed by atoms with van der Waals surface area (Å²) in [5.41, 5.74) is 2.77. The van der Waals surface area contributed by atoms with Gasteiger partial charge in [0.2, 0.25) is 0 Å². The fourth-order valence-corrected chi connectivity index (χ4v) is 3.45. The van der Waals surface area contributed by atoms with Crippen LogP contribution >= 0.6 is 0 Å². The zero-order valence-electron chi connectivity index (χ0n) is 10.6. The van der Waals surface area contributed by atoms with Gasteiger partial charge in [-0.2, -0.15) is 0 Å². The summed E-state index contributed by atoms with van der Waals surface area (Å²) in [6.45, 7) is 11.4. The van der Waals surface area contributed by atoms with Crippen molar-refractivity contribution in [3.63, 3.8) is 0 Å². The summed E-state index contributed by atoms with van der Waals surface area (Å²) in [5, 5.41) is 0. The van der Waals surface area contributed by atoms with Crippen LogP contribution in [0.3, 0.4) is 0 Å². The number of hydrogen-bond donors (Lipinski definition) is 1. The SMILES string of the molecule is Cc1ccc(CC(C)N[Si](C)(C)C)cc1. The van der Waals surface area contributed by atoms with E-state index >= 15 is 0 Å². The monoisotopic (exact) mass is 221 g/mol. The third-order valence-corrected chi connectivity index (χ3v) is 3.70. The van der Waals surface area contributed by atoms with Crippen molar-refractivity contribution >= 4 is 8.24 Å². The molecule has 15 heavy (non-hydrogen) atoms. The molecule has 0 amide bonds. The van der Waals surface area contributed by atoms with E-state index in [-0.39, 0.29) is 0 Å². The van der Waals surface area contributed by atoms with Crippen molar-refractivity contribution in [3.8, 4) is 0 Å². The van der Waals surface area contributed by atoms with Gasteiger partial charge in [-0.1, -0.05) is 56.4 Å². The molecule has 0 aliphatic heterocycles. The highest BCUT2D eigenvalue weighted by Gasteiger charge is 2.15. The van der Waals surface area contributed by atoms with Gasteiger partial charge in [0.05, 0.1) is 0 Å². The zero-order valence-corrected chi connectivity index (χ0v) is 11.6. The summed E-state index contributed by atoms with van der Waals surface area (Å²) in [7, 11) is -1.14. The molecule has 0 saturated heterocycles. The van der Waals surface area contributed by atoms with Crippen LogP contribution in [0.4, 0.5) is 0 Å². The Bertz CT molecular complexity index is 297. The van der Waals surface area contributed by atoms with E-state index in [2.05, 4.69) is 62.7 Å². The van der Waals surface area contributed by atoms with Gasteiger partial charge in [-0.3, -0.25) is 0 Å². The molecule has 0 aliphatic rings. The van der Waals surface area contributed by atoms with Gasteiger partial charge in [0, 0.05) is 6.04 Å². The molecular formula is C13H23NSi. The predicted molar refractivity (Wildman–Crippen MR) is 70.8 cm³/mol. The van der Waals surface area contributed by atoms with E-state index in [1.165, 1.54) is 11.1 Å². The third-order valence-electron chi connectivity index (χ3n) is 2.34. The molecule has 0 heterocycles. The van der Waals surface area contributed by atoms with E-state index in [9.17, 15) is 0 Å². The van der Waals surface area contributed by atoms with Crippen LogP contribution in [0, 0.1) is 6.92 Å². The van der Waals surface area contributed by atoms with Crippen molar-refractivity contribution in [2.75, 3.05) is 0 Å². The number of rotatable bonds is 4. The Morgan fingerprint density at radius 3 is 2.13 bits per heavy atom. The first-order chi connectivity index (χ1) is 6.87. The molecule has 0 aromatic heterocycles. The Labute approximate surface area is 95.0 Å². The topological polar surface area (TPSA) is 12.0 Å². The summed E-state index contributed by atoms with van der Waals surface area (Å²) < 4.78 is 0. The van der Waals surface area contributed by atoms with Crippen LogP contribution in [0.25, 0.3) is 0 Å². The van der Waals surface area contributed by atoms with Crippen LogP contribution in [0.2, 0.25) is 19.6 Å². The van der Waals surface area contributed by atoms with Gasteiger partial charge in [-0.25, -0.2) is 0 Å². The van der Waals surface area contributed by atoms with Gasteiger partial charge < -0.3 is 4.98 Å². The molecule has 1 aromatic rings. The van der Waals surface area contributed by atoms with Crippen LogP contribution < -0.4 is 4.98 Å². The average Bonchev–Trinajstić information content (AvgIpc) is 2.05. The first-order valence-corrected chi connectivity index (χ1v) is 9.20. The molecule has 1 aromatic carbocycles. The van der Waals surface area contributed by atoms with Gasteiger partial charge in [-0.15, -0.1) is 0 Å². The number of nitrogens with one attached hydrogen (secondary N) is 1. The fourth-order valence-electron chi connectivity index (χ4n) is 1.87. The largest absolute Gasteiger partial charge is 0.335 e. The minimum absolute atomic E-state index is 0.583. The molecule has 0 radical (unpaired) electrons. The lowest BCUT2D eigenvalue weighted by Gasteiger charge is -2.24. The molecule has 0 spiro atoms. The minimum Gasteiger partial charge on any atom is -0.335 e. The molecule has 1 nitrogen and oxygen atoms in total. The van der Waals surface area contributed by atoms with Gasteiger partial charge >= 0.3 is 0 Å². The van der Waals surface area contributed by atoms with E-state index in [4.69, 9.17) is 0 Å². The Hall–Kier alpha value is -0.603. The maximum atomic E-state index is 3.72. The second kappa shape index (κ2) is 4.95. The maximum Gasteiger partial charge on any atom is 0.116 e. The molecule has 1 rings (SSSR count). The molecule has 1 atom stereocenters. The van der Waals surface area contributed by atoms with Crippen molar-refractivity contribution < 1.29 is 0 Å². The molecule has 1 N–H and O–H groups in total. The summed E-state index contributed by atoms with van der Waals surface area (Å²) in [6.07, 6.45) is 1.13. The van der Waals surface area contributed by atoms with E-state index in [0.29, 0.717) is 6.04 Å². The van der Waals surface area contributed by atoms with E-state index < -0.39 is 8.24 Å². The standard InChI is InChI=1S/C13H23NSi/c1-11-6-8-13(9-7-11)10-12(2)14-15(3,4)5/h6-9,12,14H,10H2,1-5H3. The summed E-state index contributed by atoms with van der Waals surface area (Å²) in [6, 6.07) is 9.43. The van der Waals surface area contributed by atoms with Gasteiger partial charge in [0.25, 0.3) is 0 Å². The van der Waals surface area contributed by atoms with Crippen LogP contribution in [0.5, 0.6) is 0 Å². The molecular weight excluding hydrogens is 198 g/mol. The quantitative estimate of drug-likeness (QED) is 0.769. The van der Waals surface area contributed by atoms with Crippen LogP contribution in [0.1, 0.15) is 18.1 Å².